The first-order valence-electron chi connectivity index (χ1n) is 26.9. The number of rotatable bonds is 12. The molecule has 11 aromatic carbocycles. The van der Waals surface area contributed by atoms with Crippen LogP contribution in [0.1, 0.15) is 33.5 Å². The van der Waals surface area contributed by atoms with Gasteiger partial charge in [0.25, 0.3) is 0 Å². The number of anilines is 11. The Morgan fingerprint density at radius 1 is 0.241 bits per heavy atom. The number of hydrogen-bond acceptors (Lipinski definition) is 5. The van der Waals surface area contributed by atoms with E-state index in [1.807, 2.05) is 12.1 Å². The molecule has 5 nitrogen and oxygen atoms in total. The first-order valence-corrected chi connectivity index (χ1v) is 26.9. The van der Waals surface area contributed by atoms with Gasteiger partial charge in [0.15, 0.2) is 5.78 Å². The van der Waals surface area contributed by atoms with Gasteiger partial charge in [0.05, 0.1) is 0 Å². The standard InChI is InChI=1S/C74H52N4O/c79-74-69-49-62(77(56-33-17-5-18-34-56)57-35-19-6-20-36-57)43-46-66(69)72-70(50-63(51-71(72)74)78(58-37-21-7-22-38-58)59-39-23-8-24-40-59)73-67-47-60(75(52-25-9-1-10-26-52)53-27-11-2-12-28-53)41-44-64(67)65-45-42-61(48-68(65)73)76(54-29-13-3-14-30-54)55-31-15-4-16-32-55/h1-50H,51H2. The molecule has 0 heterocycles. The van der Waals surface area contributed by atoms with Crippen LogP contribution in [0.25, 0.3) is 22.3 Å². The van der Waals surface area contributed by atoms with Gasteiger partial charge >= 0.3 is 0 Å². The molecule has 0 saturated carbocycles. The number of benzene rings is 11. The molecule has 0 unspecified atom stereocenters. The van der Waals surface area contributed by atoms with Gasteiger partial charge in [-0.3, -0.25) is 4.79 Å². The van der Waals surface area contributed by atoms with E-state index in [0.29, 0.717) is 12.0 Å². The zero-order valence-electron chi connectivity index (χ0n) is 43.3. The molecule has 11 aromatic rings. The Labute approximate surface area is 461 Å². The lowest BCUT2D eigenvalue weighted by molar-refractivity contribution is 0.103. The van der Waals surface area contributed by atoms with Crippen LogP contribution in [0.2, 0.25) is 0 Å². The highest BCUT2D eigenvalue weighted by atomic mass is 16.1. The fourth-order valence-corrected chi connectivity index (χ4v) is 11.9. The molecular weight excluding hydrogens is 961 g/mol. The van der Waals surface area contributed by atoms with Gasteiger partial charge in [0, 0.05) is 85.8 Å². The largest absolute Gasteiger partial charge is 0.314 e. The van der Waals surface area contributed by atoms with Gasteiger partial charge in [-0.25, -0.2) is 0 Å². The number of fused-ring (bicyclic) bond motifs is 5. The van der Waals surface area contributed by atoms with E-state index in [1.54, 1.807) is 0 Å². The van der Waals surface area contributed by atoms with Gasteiger partial charge < -0.3 is 19.6 Å². The number of para-hydroxylation sites is 8. The van der Waals surface area contributed by atoms with Gasteiger partial charge in [-0.2, -0.15) is 0 Å². The van der Waals surface area contributed by atoms with Gasteiger partial charge in [0.1, 0.15) is 0 Å². The Morgan fingerprint density at radius 2 is 0.519 bits per heavy atom. The molecule has 374 valence electrons. The zero-order valence-corrected chi connectivity index (χ0v) is 43.3. The van der Waals surface area contributed by atoms with Crippen molar-refractivity contribution in [3.05, 3.63) is 342 Å². The van der Waals surface area contributed by atoms with Crippen molar-refractivity contribution in [1.82, 2.24) is 0 Å². The van der Waals surface area contributed by atoms with Crippen LogP contribution in [0.4, 0.5) is 62.6 Å². The molecule has 0 fully saturated rings. The summed E-state index contributed by atoms with van der Waals surface area (Å²) in [7, 11) is 0. The quantitative estimate of drug-likeness (QED) is 0.122. The molecule has 0 N–H and O–H groups in total. The monoisotopic (exact) mass is 1010 g/mol. The van der Waals surface area contributed by atoms with E-state index in [0.717, 1.165) is 118 Å². The normalized spacial score (nSPS) is 13.0. The lowest BCUT2D eigenvalue weighted by atomic mass is 9.83. The molecule has 0 spiro atoms. The molecule has 14 rings (SSSR count). The van der Waals surface area contributed by atoms with Gasteiger partial charge in [0.2, 0.25) is 0 Å². The number of hydrogen-bond donors (Lipinski definition) is 0. The summed E-state index contributed by atoms with van der Waals surface area (Å²) in [5.74, 6) is 0.0392. The predicted molar refractivity (Wildman–Crippen MR) is 327 cm³/mol. The minimum atomic E-state index is 0.0392. The van der Waals surface area contributed by atoms with Crippen LogP contribution < -0.4 is 19.6 Å². The molecule has 0 saturated heterocycles. The summed E-state index contributed by atoms with van der Waals surface area (Å²) in [6.07, 6.45) is 2.81. The average Bonchev–Trinajstić information content (AvgIpc) is 4.17. The lowest BCUT2D eigenvalue weighted by Crippen LogP contribution is -2.20. The smallest absolute Gasteiger partial charge is 0.190 e. The number of nitrogens with zero attached hydrogens (tertiary/aromatic N) is 4. The van der Waals surface area contributed by atoms with Crippen molar-refractivity contribution in [3.63, 3.8) is 0 Å². The Kier molecular flexibility index (Phi) is 12.0. The van der Waals surface area contributed by atoms with Crippen LogP contribution in [-0.4, -0.2) is 5.78 Å². The Morgan fingerprint density at radius 3 is 0.835 bits per heavy atom. The summed E-state index contributed by atoms with van der Waals surface area (Å²) < 4.78 is 0. The second kappa shape index (κ2) is 20.2. The number of carbonyl (C=O) groups is 1. The maximum atomic E-state index is 15.9. The molecule has 0 amide bonds. The molecule has 0 aromatic heterocycles. The van der Waals surface area contributed by atoms with Crippen molar-refractivity contribution < 1.29 is 4.79 Å². The van der Waals surface area contributed by atoms with Crippen molar-refractivity contribution >= 4 is 79.5 Å². The summed E-state index contributed by atoms with van der Waals surface area (Å²) in [5, 5.41) is 0. The van der Waals surface area contributed by atoms with E-state index in [2.05, 4.69) is 311 Å². The predicted octanol–water partition coefficient (Wildman–Crippen LogP) is 19.7. The first-order chi connectivity index (χ1) is 39.1. The fourth-order valence-electron chi connectivity index (χ4n) is 11.9. The molecule has 0 bridgehead atoms. The average molecular weight is 1010 g/mol. The van der Waals surface area contributed by atoms with E-state index in [1.165, 1.54) is 0 Å². The lowest BCUT2D eigenvalue weighted by Gasteiger charge is -2.32. The van der Waals surface area contributed by atoms with Crippen LogP contribution in [0.5, 0.6) is 0 Å². The van der Waals surface area contributed by atoms with Crippen molar-refractivity contribution in [1.29, 1.82) is 0 Å². The number of Topliss-reactive ketones (excluding diaryl/α,β-unsaturated/α-hetero) is 1. The highest BCUT2D eigenvalue weighted by Crippen LogP contribution is 2.56. The second-order valence-corrected chi connectivity index (χ2v) is 20.0. The van der Waals surface area contributed by atoms with Gasteiger partial charge in [-0.15, -0.1) is 0 Å². The number of allylic oxidation sites excluding steroid dienone is 4. The molecule has 0 radical (unpaired) electrons. The van der Waals surface area contributed by atoms with Gasteiger partial charge in [-0.05, 0) is 184 Å². The zero-order chi connectivity index (χ0) is 52.7. The van der Waals surface area contributed by atoms with Crippen molar-refractivity contribution in [2.45, 2.75) is 6.42 Å². The summed E-state index contributed by atoms with van der Waals surface area (Å²) in [6, 6.07) is 105. The first kappa shape index (κ1) is 47.0. The summed E-state index contributed by atoms with van der Waals surface area (Å²) in [4.78, 5) is 25.2. The molecular formula is C74H52N4O. The molecule has 5 heteroatoms. The minimum Gasteiger partial charge on any atom is -0.314 e. The molecule has 0 aliphatic heterocycles. The Hall–Kier alpha value is -10.5. The third kappa shape index (κ3) is 8.51. The minimum absolute atomic E-state index is 0.0392. The highest BCUT2D eigenvalue weighted by Gasteiger charge is 2.40. The SMILES string of the molecule is O=C1C2=C(C(=C3c4cc(N(c5ccccc5)c5ccccc5)ccc4-c4ccc(N(c5ccccc5)c5ccccc5)cc43)C=C(N(c3ccccc3)c3ccccc3)C2)c2ccc(N(c3ccccc3)c3ccccc3)cc21. The van der Waals surface area contributed by atoms with Crippen LogP contribution in [0.3, 0.4) is 0 Å². The molecule has 79 heavy (non-hydrogen) atoms. The molecule has 3 aliphatic carbocycles. The highest BCUT2D eigenvalue weighted by molar-refractivity contribution is 6.26. The van der Waals surface area contributed by atoms with Crippen LogP contribution in [0.15, 0.2) is 320 Å². The van der Waals surface area contributed by atoms with Gasteiger partial charge in [-0.1, -0.05) is 164 Å². The maximum absolute atomic E-state index is 15.9. The number of ketones is 1. The summed E-state index contributed by atoms with van der Waals surface area (Å²) in [6.45, 7) is 0. The van der Waals surface area contributed by atoms with Crippen LogP contribution >= 0.6 is 0 Å². The second-order valence-electron chi connectivity index (χ2n) is 20.0. The van der Waals surface area contributed by atoms with E-state index < -0.39 is 0 Å². The third-order valence-electron chi connectivity index (χ3n) is 15.3. The van der Waals surface area contributed by atoms with E-state index >= 15 is 4.79 Å². The molecule has 0 atom stereocenters. The van der Waals surface area contributed by atoms with E-state index in [-0.39, 0.29) is 5.78 Å². The maximum Gasteiger partial charge on any atom is 0.190 e. The summed E-state index contributed by atoms with van der Waals surface area (Å²) in [5.41, 5.74) is 22.1. The van der Waals surface area contributed by atoms with Crippen molar-refractivity contribution in [3.8, 4) is 11.1 Å². The number of carbonyl (C=O) groups excluding carboxylic acids is 1. The molecule has 3 aliphatic rings. The Balaban J connectivity index is 1.05. The van der Waals surface area contributed by atoms with E-state index in [4.69, 9.17) is 0 Å². The fraction of sp³-hybridized carbons (Fsp3) is 0.0135. The third-order valence-corrected chi connectivity index (χ3v) is 15.3. The van der Waals surface area contributed by atoms with E-state index in [9.17, 15) is 0 Å². The van der Waals surface area contributed by atoms with Crippen molar-refractivity contribution in [2.24, 2.45) is 0 Å². The Bertz CT molecular complexity index is 3850. The van der Waals surface area contributed by atoms with Crippen molar-refractivity contribution in [2.75, 3.05) is 19.6 Å². The summed E-state index contributed by atoms with van der Waals surface area (Å²) >= 11 is 0. The topological polar surface area (TPSA) is 30.0 Å². The van der Waals surface area contributed by atoms with Crippen LogP contribution in [-0.2, 0) is 0 Å². The van der Waals surface area contributed by atoms with Crippen LogP contribution in [0, 0.1) is 0 Å².